The first-order chi connectivity index (χ1) is 10.3. The molecule has 2 heterocycles. The number of alkyl halides is 1. The fourth-order valence-corrected chi connectivity index (χ4v) is 3.61. The van der Waals surface area contributed by atoms with E-state index in [0.29, 0.717) is 5.88 Å². The highest BCUT2D eigenvalue weighted by Gasteiger charge is 2.16. The van der Waals surface area contributed by atoms with E-state index >= 15 is 0 Å². The van der Waals surface area contributed by atoms with E-state index < -0.39 is 0 Å². The first-order valence-electron chi connectivity index (χ1n) is 8.16. The molecule has 0 spiro atoms. The van der Waals surface area contributed by atoms with Gasteiger partial charge < -0.3 is 4.57 Å². The molecular weight excluding hydrogens is 282 g/mol. The topological polar surface area (TPSA) is 30.7 Å². The van der Waals surface area contributed by atoms with Crippen LogP contribution in [-0.2, 0) is 13.0 Å². The van der Waals surface area contributed by atoms with Crippen LogP contribution in [0, 0.1) is 12.8 Å². The molecule has 4 heteroatoms. The number of imidazole rings is 1. The van der Waals surface area contributed by atoms with E-state index in [1.807, 2.05) is 13.0 Å². The molecule has 114 valence electrons. The van der Waals surface area contributed by atoms with Crippen molar-refractivity contribution >= 4 is 22.8 Å². The molecule has 0 saturated heterocycles. The maximum atomic E-state index is 5.94. The summed E-state index contributed by atoms with van der Waals surface area (Å²) in [6.45, 7) is 3.07. The fraction of sp³-hybridized carbons (Fsp3) is 0.647. The van der Waals surface area contributed by atoms with E-state index in [1.165, 1.54) is 38.5 Å². The van der Waals surface area contributed by atoms with Gasteiger partial charge in [0.15, 0.2) is 5.65 Å². The molecule has 0 radical (unpaired) electrons. The van der Waals surface area contributed by atoms with Gasteiger partial charge in [0.25, 0.3) is 0 Å². The number of hydrogen-bond donors (Lipinski definition) is 0. The number of aryl methyl sites for hydroxylation is 3. The Kier molecular flexibility index (Phi) is 4.79. The van der Waals surface area contributed by atoms with E-state index in [0.717, 1.165) is 41.6 Å². The molecular formula is C17H24ClN3. The Balaban J connectivity index is 1.83. The predicted molar refractivity (Wildman–Crippen MR) is 87.9 cm³/mol. The minimum atomic E-state index is 0.617. The lowest BCUT2D eigenvalue weighted by atomic mass is 9.87. The van der Waals surface area contributed by atoms with Gasteiger partial charge in [-0.05, 0) is 31.4 Å². The summed E-state index contributed by atoms with van der Waals surface area (Å²) in [7, 11) is 0. The van der Waals surface area contributed by atoms with Gasteiger partial charge >= 0.3 is 0 Å². The van der Waals surface area contributed by atoms with Crippen molar-refractivity contribution < 1.29 is 0 Å². The molecule has 0 aliphatic heterocycles. The first-order valence-corrected chi connectivity index (χ1v) is 8.70. The summed E-state index contributed by atoms with van der Waals surface area (Å²) in [5, 5.41) is 0. The van der Waals surface area contributed by atoms with Crippen molar-refractivity contribution in [3.05, 3.63) is 23.7 Å². The lowest BCUT2D eigenvalue weighted by Crippen LogP contribution is -2.12. The first kappa shape index (κ1) is 14.8. The van der Waals surface area contributed by atoms with Crippen molar-refractivity contribution in [2.45, 2.75) is 58.4 Å². The van der Waals surface area contributed by atoms with Crippen molar-refractivity contribution in [2.24, 2.45) is 5.92 Å². The monoisotopic (exact) mass is 305 g/mol. The summed E-state index contributed by atoms with van der Waals surface area (Å²) in [5.41, 5.74) is 3.09. The molecule has 3 nitrogen and oxygen atoms in total. The van der Waals surface area contributed by atoms with Crippen LogP contribution in [0.3, 0.4) is 0 Å². The van der Waals surface area contributed by atoms with Crippen LogP contribution in [0.25, 0.3) is 11.2 Å². The zero-order valence-corrected chi connectivity index (χ0v) is 13.6. The molecule has 2 aromatic rings. The predicted octanol–water partition coefficient (Wildman–Crippen LogP) is 4.49. The van der Waals surface area contributed by atoms with Gasteiger partial charge in [-0.25, -0.2) is 9.97 Å². The lowest BCUT2D eigenvalue weighted by Gasteiger charge is -2.22. The number of halogens is 1. The van der Waals surface area contributed by atoms with Crippen LogP contribution in [0.1, 0.15) is 50.0 Å². The molecule has 0 atom stereocenters. The normalized spacial score (nSPS) is 16.7. The van der Waals surface area contributed by atoms with E-state index in [9.17, 15) is 0 Å². The van der Waals surface area contributed by atoms with Crippen LogP contribution in [-0.4, -0.2) is 20.4 Å². The van der Waals surface area contributed by atoms with Gasteiger partial charge in [-0.1, -0.05) is 32.1 Å². The molecule has 0 aromatic carbocycles. The van der Waals surface area contributed by atoms with Gasteiger partial charge in [-0.2, -0.15) is 0 Å². The summed E-state index contributed by atoms with van der Waals surface area (Å²) in [6.07, 6.45) is 9.08. The lowest BCUT2D eigenvalue weighted by molar-refractivity contribution is 0.324. The minimum Gasteiger partial charge on any atom is -0.313 e. The highest BCUT2D eigenvalue weighted by Crippen LogP contribution is 2.27. The summed E-state index contributed by atoms with van der Waals surface area (Å²) in [4.78, 5) is 9.42. The van der Waals surface area contributed by atoms with Crippen molar-refractivity contribution in [3.63, 3.8) is 0 Å². The second kappa shape index (κ2) is 6.78. The average Bonchev–Trinajstić information content (AvgIpc) is 2.83. The Morgan fingerprint density at radius 3 is 2.76 bits per heavy atom. The zero-order chi connectivity index (χ0) is 14.7. The minimum absolute atomic E-state index is 0.617. The van der Waals surface area contributed by atoms with Crippen LogP contribution in [0.2, 0.25) is 0 Å². The van der Waals surface area contributed by atoms with Gasteiger partial charge in [0.05, 0.1) is 0 Å². The summed E-state index contributed by atoms with van der Waals surface area (Å²) in [6, 6.07) is 4.11. The molecule has 2 aromatic heterocycles. The van der Waals surface area contributed by atoms with Crippen LogP contribution >= 0.6 is 11.6 Å². The third-order valence-corrected chi connectivity index (χ3v) is 4.80. The molecule has 0 amide bonds. The van der Waals surface area contributed by atoms with E-state index in [1.54, 1.807) is 0 Å². The smallest absolute Gasteiger partial charge is 0.160 e. The third-order valence-electron chi connectivity index (χ3n) is 4.61. The Hall–Kier alpha value is -1.09. The number of rotatable bonds is 5. The van der Waals surface area contributed by atoms with Crippen molar-refractivity contribution in [3.8, 4) is 0 Å². The van der Waals surface area contributed by atoms with Crippen molar-refractivity contribution in [1.82, 2.24) is 14.5 Å². The Morgan fingerprint density at radius 1 is 1.19 bits per heavy atom. The van der Waals surface area contributed by atoms with E-state index in [4.69, 9.17) is 21.6 Å². The highest BCUT2D eigenvalue weighted by molar-refractivity contribution is 6.17. The Labute approximate surface area is 131 Å². The molecule has 0 N–H and O–H groups in total. The van der Waals surface area contributed by atoms with Crippen molar-refractivity contribution in [1.29, 1.82) is 0 Å². The van der Waals surface area contributed by atoms with Gasteiger partial charge in [0, 0.05) is 24.5 Å². The summed E-state index contributed by atoms with van der Waals surface area (Å²) in [5.74, 6) is 2.59. The third kappa shape index (κ3) is 3.39. The molecule has 1 aliphatic carbocycles. The molecule has 21 heavy (non-hydrogen) atoms. The average molecular weight is 306 g/mol. The van der Waals surface area contributed by atoms with Crippen LogP contribution in [0.5, 0.6) is 0 Å². The number of aromatic nitrogens is 3. The second-order valence-corrected chi connectivity index (χ2v) is 6.58. The Bertz CT molecular complexity index is 599. The quantitative estimate of drug-likeness (QED) is 0.762. The summed E-state index contributed by atoms with van der Waals surface area (Å²) < 4.78 is 2.30. The van der Waals surface area contributed by atoms with Crippen molar-refractivity contribution in [2.75, 3.05) is 5.88 Å². The Morgan fingerprint density at radius 2 is 2.00 bits per heavy atom. The maximum absolute atomic E-state index is 5.94. The number of nitrogens with zero attached hydrogens (tertiary/aromatic N) is 3. The zero-order valence-electron chi connectivity index (χ0n) is 12.8. The van der Waals surface area contributed by atoms with Crippen LogP contribution < -0.4 is 0 Å². The van der Waals surface area contributed by atoms with Crippen LogP contribution in [0.15, 0.2) is 12.1 Å². The SMILES string of the molecule is Cc1ccc2nc(CCCl)n(CCC3CCCCC3)c2n1. The molecule has 3 rings (SSSR count). The van der Waals surface area contributed by atoms with Gasteiger partial charge in [0.2, 0.25) is 0 Å². The highest BCUT2D eigenvalue weighted by atomic mass is 35.5. The number of pyridine rings is 1. The largest absolute Gasteiger partial charge is 0.313 e. The van der Waals surface area contributed by atoms with Gasteiger partial charge in [0.1, 0.15) is 11.3 Å². The number of hydrogen-bond acceptors (Lipinski definition) is 2. The van der Waals surface area contributed by atoms with E-state index in [-0.39, 0.29) is 0 Å². The summed E-state index contributed by atoms with van der Waals surface area (Å²) >= 11 is 5.94. The number of fused-ring (bicyclic) bond motifs is 1. The standard InChI is InChI=1S/C17H24ClN3/c1-13-7-8-15-17(19-13)21(16(20-15)9-11-18)12-10-14-5-3-2-4-6-14/h7-8,14H,2-6,9-12H2,1H3. The molecule has 1 saturated carbocycles. The molecule has 1 aliphatic rings. The van der Waals surface area contributed by atoms with Gasteiger partial charge in [-0.3, -0.25) is 0 Å². The fourth-order valence-electron chi connectivity index (χ4n) is 3.44. The molecule has 0 unspecified atom stereocenters. The second-order valence-electron chi connectivity index (χ2n) is 6.21. The van der Waals surface area contributed by atoms with Crippen LogP contribution in [0.4, 0.5) is 0 Å². The maximum Gasteiger partial charge on any atom is 0.160 e. The molecule has 0 bridgehead atoms. The molecule has 1 fully saturated rings. The van der Waals surface area contributed by atoms with Gasteiger partial charge in [-0.15, -0.1) is 11.6 Å². The van der Waals surface area contributed by atoms with E-state index in [2.05, 4.69) is 10.6 Å².